The van der Waals surface area contributed by atoms with Gasteiger partial charge < -0.3 is 10.3 Å². The van der Waals surface area contributed by atoms with E-state index < -0.39 is 15.9 Å². The maximum atomic E-state index is 11.2. The van der Waals surface area contributed by atoms with Crippen molar-refractivity contribution in [2.75, 3.05) is 11.5 Å². The summed E-state index contributed by atoms with van der Waals surface area (Å²) in [6, 6.07) is 1.14. The lowest BCUT2D eigenvalue weighted by Gasteiger charge is -2.00. The number of hydrogen-bond donors (Lipinski definition) is 2. The first kappa shape index (κ1) is 10.5. The molecule has 0 saturated heterocycles. The normalized spacial score (nSPS) is 11.2. The number of nitrogens with zero attached hydrogens (tertiary/aromatic N) is 1. The maximum Gasteiger partial charge on any atom is 0.286 e. The number of aromatic nitrogens is 1. The van der Waals surface area contributed by atoms with E-state index in [1.165, 1.54) is 6.92 Å². The van der Waals surface area contributed by atoms with Gasteiger partial charge >= 0.3 is 0 Å². The highest BCUT2D eigenvalue weighted by atomic mass is 32.2. The summed E-state index contributed by atoms with van der Waals surface area (Å²) in [5.41, 5.74) is 4.99. The highest BCUT2D eigenvalue weighted by molar-refractivity contribution is 7.90. The zero-order valence-electron chi connectivity index (χ0n) is 7.35. The van der Waals surface area contributed by atoms with E-state index in [1.807, 2.05) is 0 Å². The summed E-state index contributed by atoms with van der Waals surface area (Å²) in [6.45, 7) is 1.41. The van der Waals surface area contributed by atoms with Crippen molar-refractivity contribution in [3.05, 3.63) is 11.8 Å². The lowest BCUT2D eigenvalue weighted by Crippen LogP contribution is -2.31. The molecule has 0 aliphatic rings. The molecule has 0 saturated carbocycles. The first-order chi connectivity index (χ1) is 6.44. The van der Waals surface area contributed by atoms with Gasteiger partial charge in [-0.1, -0.05) is 5.16 Å². The molecule has 1 aromatic rings. The number of nitrogen functional groups attached to an aromatic ring is 1. The van der Waals surface area contributed by atoms with Crippen molar-refractivity contribution in [3.63, 3.8) is 0 Å². The van der Waals surface area contributed by atoms with Crippen LogP contribution in [0, 0.1) is 0 Å². The zero-order chi connectivity index (χ0) is 10.8. The van der Waals surface area contributed by atoms with Crippen LogP contribution in [0.25, 0.3) is 0 Å². The average Bonchev–Trinajstić information content (AvgIpc) is 2.51. The fraction of sp³-hybridized carbons (Fsp3) is 0.333. The summed E-state index contributed by atoms with van der Waals surface area (Å²) in [5, 5.41) is 3.26. The molecule has 1 amide bonds. The number of carbonyl (C=O) groups is 1. The quantitative estimate of drug-likeness (QED) is 0.697. The van der Waals surface area contributed by atoms with E-state index in [0.29, 0.717) is 0 Å². The van der Waals surface area contributed by atoms with Crippen molar-refractivity contribution < 1.29 is 17.7 Å². The molecule has 0 aromatic carbocycles. The van der Waals surface area contributed by atoms with Gasteiger partial charge in [0.2, 0.25) is 15.9 Å². The SMILES string of the molecule is CCS(=O)(=O)NC(=O)c1cc(N)on1. The highest BCUT2D eigenvalue weighted by Crippen LogP contribution is 2.04. The Morgan fingerprint density at radius 2 is 2.36 bits per heavy atom. The Bertz CT molecular complexity index is 436. The van der Waals surface area contributed by atoms with Crippen LogP contribution < -0.4 is 10.5 Å². The highest BCUT2D eigenvalue weighted by Gasteiger charge is 2.16. The van der Waals surface area contributed by atoms with Crippen LogP contribution in [0.15, 0.2) is 10.6 Å². The fourth-order valence-corrected chi connectivity index (χ4v) is 1.19. The smallest absolute Gasteiger partial charge is 0.286 e. The lowest BCUT2D eigenvalue weighted by molar-refractivity contribution is 0.0973. The summed E-state index contributed by atoms with van der Waals surface area (Å²) in [4.78, 5) is 11.2. The Labute approximate surface area is 80.3 Å². The maximum absolute atomic E-state index is 11.2. The van der Waals surface area contributed by atoms with E-state index in [1.54, 1.807) is 4.72 Å². The number of nitrogens with two attached hydrogens (primary N) is 1. The van der Waals surface area contributed by atoms with E-state index >= 15 is 0 Å². The minimum Gasteiger partial charge on any atom is -0.368 e. The molecule has 7 nitrogen and oxygen atoms in total. The van der Waals surface area contributed by atoms with Gasteiger partial charge in [-0.3, -0.25) is 4.79 Å². The van der Waals surface area contributed by atoms with Gasteiger partial charge in [-0.2, -0.15) is 0 Å². The summed E-state index contributed by atoms with van der Waals surface area (Å²) in [5.74, 6) is -1.09. The molecule has 78 valence electrons. The molecule has 0 aliphatic heterocycles. The van der Waals surface area contributed by atoms with Crippen LogP contribution in [-0.2, 0) is 10.0 Å². The number of anilines is 1. The first-order valence-corrected chi connectivity index (χ1v) is 5.37. The van der Waals surface area contributed by atoms with E-state index in [0.717, 1.165) is 6.07 Å². The van der Waals surface area contributed by atoms with Crippen LogP contribution in [0.2, 0.25) is 0 Å². The van der Waals surface area contributed by atoms with E-state index in [4.69, 9.17) is 5.73 Å². The second kappa shape index (κ2) is 3.66. The number of rotatable bonds is 3. The van der Waals surface area contributed by atoms with Crippen molar-refractivity contribution in [3.8, 4) is 0 Å². The van der Waals surface area contributed by atoms with Crippen molar-refractivity contribution >= 4 is 21.8 Å². The summed E-state index contributed by atoms with van der Waals surface area (Å²) >= 11 is 0. The number of sulfonamides is 1. The Hall–Kier alpha value is -1.57. The molecule has 8 heteroatoms. The van der Waals surface area contributed by atoms with Crippen LogP contribution in [0.1, 0.15) is 17.4 Å². The molecular weight excluding hydrogens is 210 g/mol. The monoisotopic (exact) mass is 219 g/mol. The zero-order valence-corrected chi connectivity index (χ0v) is 8.17. The standard InChI is InChI=1S/C6H9N3O4S/c1-2-14(11,12)9-6(10)4-3-5(7)13-8-4/h3H,2,7H2,1H3,(H,9,10). The minimum absolute atomic E-state index is 0.0518. The van der Waals surface area contributed by atoms with Gasteiger partial charge in [0.05, 0.1) is 5.75 Å². The molecule has 0 aliphatic carbocycles. The Balaban J connectivity index is 2.78. The summed E-state index contributed by atoms with van der Waals surface area (Å²) in [6.07, 6.45) is 0. The largest absolute Gasteiger partial charge is 0.368 e. The molecule has 1 aromatic heterocycles. The first-order valence-electron chi connectivity index (χ1n) is 3.71. The lowest BCUT2D eigenvalue weighted by atomic mass is 10.4. The van der Waals surface area contributed by atoms with E-state index in [-0.39, 0.29) is 17.3 Å². The molecule has 0 spiro atoms. The third-order valence-electron chi connectivity index (χ3n) is 1.39. The number of hydrogen-bond acceptors (Lipinski definition) is 6. The van der Waals surface area contributed by atoms with Gasteiger partial charge in [0.1, 0.15) is 0 Å². The van der Waals surface area contributed by atoms with E-state index in [2.05, 4.69) is 9.68 Å². The van der Waals surface area contributed by atoms with Gasteiger partial charge in [0.15, 0.2) is 5.69 Å². The van der Waals surface area contributed by atoms with Crippen molar-refractivity contribution in [2.45, 2.75) is 6.92 Å². The summed E-state index contributed by atoms with van der Waals surface area (Å²) in [7, 11) is -3.58. The number of carbonyl (C=O) groups excluding carboxylic acids is 1. The Kier molecular flexibility index (Phi) is 2.75. The Morgan fingerprint density at radius 3 is 2.79 bits per heavy atom. The topological polar surface area (TPSA) is 115 Å². The van der Waals surface area contributed by atoms with Gasteiger partial charge in [-0.05, 0) is 6.92 Å². The van der Waals surface area contributed by atoms with Crippen molar-refractivity contribution in [2.24, 2.45) is 0 Å². The van der Waals surface area contributed by atoms with Crippen LogP contribution in [0.4, 0.5) is 5.88 Å². The van der Waals surface area contributed by atoms with Gasteiger partial charge in [-0.25, -0.2) is 13.1 Å². The van der Waals surface area contributed by atoms with Crippen LogP contribution in [-0.4, -0.2) is 25.2 Å². The second-order valence-corrected chi connectivity index (χ2v) is 4.46. The third-order valence-corrected chi connectivity index (χ3v) is 2.65. The van der Waals surface area contributed by atoms with Crippen molar-refractivity contribution in [1.29, 1.82) is 0 Å². The Morgan fingerprint density at radius 1 is 1.71 bits per heavy atom. The molecule has 3 N–H and O–H groups in total. The third kappa shape index (κ3) is 2.46. The molecule has 0 fully saturated rings. The molecule has 0 bridgehead atoms. The van der Waals surface area contributed by atoms with Gasteiger partial charge in [-0.15, -0.1) is 0 Å². The van der Waals surface area contributed by atoms with Crippen LogP contribution in [0.3, 0.4) is 0 Å². The minimum atomic E-state index is -3.58. The molecule has 0 radical (unpaired) electrons. The molecule has 14 heavy (non-hydrogen) atoms. The number of amides is 1. The average molecular weight is 219 g/mol. The molecule has 0 atom stereocenters. The van der Waals surface area contributed by atoms with Gasteiger partial charge in [0, 0.05) is 6.07 Å². The molecule has 1 heterocycles. The second-order valence-electron chi connectivity index (χ2n) is 2.45. The predicted octanol–water partition coefficient (Wildman–Crippen LogP) is -0.664. The number of nitrogens with one attached hydrogen (secondary N) is 1. The fourth-order valence-electron chi connectivity index (χ4n) is 0.662. The molecule has 0 unspecified atom stereocenters. The molecule has 1 rings (SSSR count). The van der Waals surface area contributed by atoms with Gasteiger partial charge in [0.25, 0.3) is 5.91 Å². The van der Waals surface area contributed by atoms with Crippen molar-refractivity contribution in [1.82, 2.24) is 9.88 Å². The van der Waals surface area contributed by atoms with Crippen LogP contribution >= 0.6 is 0 Å². The molecular formula is C6H9N3O4S. The van der Waals surface area contributed by atoms with E-state index in [9.17, 15) is 13.2 Å². The predicted molar refractivity (Wildman–Crippen MR) is 47.8 cm³/mol. The summed E-state index contributed by atoms with van der Waals surface area (Å²) < 4.78 is 28.1. The van der Waals surface area contributed by atoms with Crippen LogP contribution in [0.5, 0.6) is 0 Å².